The third-order valence-corrected chi connectivity index (χ3v) is 4.95. The first kappa shape index (κ1) is 18.2. The molecule has 0 bridgehead atoms. The van der Waals surface area contributed by atoms with Gasteiger partial charge in [-0.25, -0.2) is 9.97 Å². The summed E-state index contributed by atoms with van der Waals surface area (Å²) < 4.78 is 11.5. The Morgan fingerprint density at radius 3 is 2.84 bits per heavy atom. The van der Waals surface area contributed by atoms with E-state index in [1.165, 1.54) is 26.1 Å². The molecule has 1 saturated carbocycles. The van der Waals surface area contributed by atoms with Crippen molar-refractivity contribution in [3.8, 4) is 5.88 Å². The van der Waals surface area contributed by atoms with Crippen LogP contribution >= 0.6 is 11.6 Å². The number of halogens is 1. The highest BCUT2D eigenvalue weighted by Crippen LogP contribution is 2.34. The summed E-state index contributed by atoms with van der Waals surface area (Å²) in [5.41, 5.74) is 0. The number of amides is 1. The smallest absolute Gasteiger partial charge is 0.237 e. The van der Waals surface area contributed by atoms with Gasteiger partial charge < -0.3 is 19.7 Å². The fourth-order valence-corrected chi connectivity index (χ4v) is 3.46. The third kappa shape index (κ3) is 4.95. The molecule has 1 N–H and O–H groups in total. The molecule has 0 atom stereocenters. The van der Waals surface area contributed by atoms with E-state index < -0.39 is 0 Å². The number of carbonyl (C=O) groups is 1. The maximum Gasteiger partial charge on any atom is 0.237 e. The standard InChI is InChI=1S/C17H25ClN4O3/c1-12(23)19-4-7-24-14-8-13(9-14)10-25-17-15(18)16(20-11-21-17)22-5-2-3-6-22/h11,13-14H,2-10H2,1H3,(H,19,23). The first-order chi connectivity index (χ1) is 12.1. The van der Waals surface area contributed by atoms with Gasteiger partial charge in [-0.2, -0.15) is 0 Å². The number of nitrogens with zero attached hydrogens (tertiary/aromatic N) is 3. The zero-order valence-corrected chi connectivity index (χ0v) is 15.3. The van der Waals surface area contributed by atoms with Crippen LogP contribution in [-0.2, 0) is 9.53 Å². The number of ether oxygens (including phenoxy) is 2. The van der Waals surface area contributed by atoms with Crippen LogP contribution in [0.2, 0.25) is 5.02 Å². The van der Waals surface area contributed by atoms with E-state index in [9.17, 15) is 4.79 Å². The van der Waals surface area contributed by atoms with Crippen molar-refractivity contribution in [2.24, 2.45) is 5.92 Å². The Morgan fingerprint density at radius 1 is 1.36 bits per heavy atom. The van der Waals surface area contributed by atoms with Gasteiger partial charge in [0.1, 0.15) is 11.3 Å². The molecule has 2 aliphatic rings. The van der Waals surface area contributed by atoms with Gasteiger partial charge in [-0.3, -0.25) is 4.79 Å². The van der Waals surface area contributed by atoms with Gasteiger partial charge in [-0.15, -0.1) is 0 Å². The molecule has 25 heavy (non-hydrogen) atoms. The average Bonchev–Trinajstić information content (AvgIpc) is 3.07. The van der Waals surface area contributed by atoms with E-state index >= 15 is 0 Å². The van der Waals surface area contributed by atoms with Crippen molar-refractivity contribution >= 4 is 23.3 Å². The highest BCUT2D eigenvalue weighted by molar-refractivity contribution is 6.34. The van der Waals surface area contributed by atoms with Gasteiger partial charge in [0.2, 0.25) is 11.8 Å². The van der Waals surface area contributed by atoms with Gasteiger partial charge in [0.25, 0.3) is 0 Å². The topological polar surface area (TPSA) is 76.6 Å². The molecule has 1 aliphatic carbocycles. The maximum atomic E-state index is 10.8. The molecule has 1 aromatic heterocycles. The van der Waals surface area contributed by atoms with Crippen molar-refractivity contribution in [1.82, 2.24) is 15.3 Å². The summed E-state index contributed by atoms with van der Waals surface area (Å²) in [6, 6.07) is 0. The molecule has 2 heterocycles. The van der Waals surface area contributed by atoms with Crippen molar-refractivity contribution in [3.05, 3.63) is 11.3 Å². The Bertz CT molecular complexity index is 589. The number of hydrogen-bond acceptors (Lipinski definition) is 6. The molecule has 1 saturated heterocycles. The normalized spacial score (nSPS) is 22.6. The molecule has 1 aliphatic heterocycles. The largest absolute Gasteiger partial charge is 0.476 e. The quantitative estimate of drug-likeness (QED) is 0.707. The predicted octanol–water partition coefficient (Wildman–Crippen LogP) is 2.04. The van der Waals surface area contributed by atoms with Crippen LogP contribution < -0.4 is 15.0 Å². The van der Waals surface area contributed by atoms with Crippen LogP contribution in [0.4, 0.5) is 5.82 Å². The van der Waals surface area contributed by atoms with Gasteiger partial charge in [-0.05, 0) is 31.6 Å². The van der Waals surface area contributed by atoms with Crippen LogP contribution in [-0.4, -0.2) is 54.8 Å². The van der Waals surface area contributed by atoms with Gasteiger partial charge in [0.15, 0.2) is 5.82 Å². The first-order valence-electron chi connectivity index (χ1n) is 8.87. The summed E-state index contributed by atoms with van der Waals surface area (Å²) in [6.07, 6.45) is 6.03. The van der Waals surface area contributed by atoms with E-state index in [2.05, 4.69) is 20.2 Å². The molecule has 0 unspecified atom stereocenters. The minimum atomic E-state index is -0.0292. The molecular weight excluding hydrogens is 344 g/mol. The molecule has 1 amide bonds. The summed E-state index contributed by atoms with van der Waals surface area (Å²) in [5.74, 6) is 1.66. The SMILES string of the molecule is CC(=O)NCCOC1CC(COc2ncnc(N3CCCC3)c2Cl)C1. The zero-order valence-electron chi connectivity index (χ0n) is 14.5. The summed E-state index contributed by atoms with van der Waals surface area (Å²) in [6.45, 7) is 5.16. The number of aromatic nitrogens is 2. The Morgan fingerprint density at radius 2 is 2.12 bits per heavy atom. The highest BCUT2D eigenvalue weighted by atomic mass is 35.5. The zero-order chi connectivity index (χ0) is 17.6. The molecule has 138 valence electrons. The van der Waals surface area contributed by atoms with E-state index in [1.807, 2.05) is 0 Å². The van der Waals surface area contributed by atoms with Crippen LogP contribution in [0.15, 0.2) is 6.33 Å². The van der Waals surface area contributed by atoms with Gasteiger partial charge in [-0.1, -0.05) is 11.6 Å². The minimum absolute atomic E-state index is 0.0292. The Labute approximate surface area is 153 Å². The molecular formula is C17H25ClN4O3. The minimum Gasteiger partial charge on any atom is -0.476 e. The summed E-state index contributed by atoms with van der Waals surface area (Å²) >= 11 is 6.42. The van der Waals surface area contributed by atoms with Crippen LogP contribution in [0, 0.1) is 5.92 Å². The number of rotatable bonds is 8. The van der Waals surface area contributed by atoms with Gasteiger partial charge in [0, 0.05) is 26.6 Å². The first-order valence-corrected chi connectivity index (χ1v) is 9.25. The number of hydrogen-bond donors (Lipinski definition) is 1. The Balaban J connectivity index is 1.38. The molecule has 3 rings (SSSR count). The van der Waals surface area contributed by atoms with Crippen LogP contribution in [0.25, 0.3) is 0 Å². The third-order valence-electron chi connectivity index (χ3n) is 4.62. The van der Waals surface area contributed by atoms with Crippen LogP contribution in [0.5, 0.6) is 5.88 Å². The van der Waals surface area contributed by atoms with E-state index in [0.29, 0.717) is 36.6 Å². The number of nitrogens with one attached hydrogen (secondary N) is 1. The Kier molecular flexibility index (Phi) is 6.31. The Hall–Kier alpha value is -1.60. The lowest BCUT2D eigenvalue weighted by Crippen LogP contribution is -2.37. The monoisotopic (exact) mass is 368 g/mol. The lowest BCUT2D eigenvalue weighted by molar-refractivity contribution is -0.119. The summed E-state index contributed by atoms with van der Waals surface area (Å²) in [5, 5.41) is 3.23. The van der Waals surface area contributed by atoms with Crippen molar-refractivity contribution < 1.29 is 14.3 Å². The molecule has 0 radical (unpaired) electrons. The summed E-state index contributed by atoms with van der Waals surface area (Å²) in [7, 11) is 0. The second kappa shape index (κ2) is 8.67. The molecule has 0 aromatic carbocycles. The van der Waals surface area contributed by atoms with Gasteiger partial charge >= 0.3 is 0 Å². The van der Waals surface area contributed by atoms with Crippen LogP contribution in [0.1, 0.15) is 32.6 Å². The van der Waals surface area contributed by atoms with Crippen molar-refractivity contribution in [2.45, 2.75) is 38.7 Å². The highest BCUT2D eigenvalue weighted by Gasteiger charge is 2.31. The second-order valence-corrected chi connectivity index (χ2v) is 7.01. The van der Waals surface area contributed by atoms with Crippen LogP contribution in [0.3, 0.4) is 0 Å². The van der Waals surface area contributed by atoms with E-state index in [4.69, 9.17) is 21.1 Å². The van der Waals surface area contributed by atoms with E-state index in [-0.39, 0.29) is 12.0 Å². The van der Waals surface area contributed by atoms with E-state index in [0.717, 1.165) is 31.7 Å². The molecule has 2 fully saturated rings. The van der Waals surface area contributed by atoms with Crippen molar-refractivity contribution in [1.29, 1.82) is 0 Å². The van der Waals surface area contributed by atoms with Gasteiger partial charge in [0.05, 0.1) is 19.3 Å². The van der Waals surface area contributed by atoms with E-state index in [1.54, 1.807) is 0 Å². The average molecular weight is 369 g/mol. The molecule has 7 nitrogen and oxygen atoms in total. The molecule has 0 spiro atoms. The van der Waals surface area contributed by atoms with Crippen molar-refractivity contribution in [3.63, 3.8) is 0 Å². The molecule has 8 heteroatoms. The second-order valence-electron chi connectivity index (χ2n) is 6.63. The fourth-order valence-electron chi connectivity index (χ4n) is 3.19. The lowest BCUT2D eigenvalue weighted by atomic mass is 9.83. The number of anilines is 1. The molecule has 1 aromatic rings. The lowest BCUT2D eigenvalue weighted by Gasteiger charge is -2.34. The number of carbonyl (C=O) groups excluding carboxylic acids is 1. The predicted molar refractivity (Wildman–Crippen MR) is 95.1 cm³/mol. The maximum absolute atomic E-state index is 10.8. The fraction of sp³-hybridized carbons (Fsp3) is 0.706. The van der Waals surface area contributed by atoms with Crippen molar-refractivity contribution in [2.75, 3.05) is 37.7 Å². The summed E-state index contributed by atoms with van der Waals surface area (Å²) in [4.78, 5) is 21.4.